The summed E-state index contributed by atoms with van der Waals surface area (Å²) in [7, 11) is 1.61. The van der Waals surface area contributed by atoms with Crippen LogP contribution in [-0.2, 0) is 28.5 Å². The van der Waals surface area contributed by atoms with Gasteiger partial charge >= 0.3 is 5.97 Å². The molecule has 0 radical (unpaired) electrons. The van der Waals surface area contributed by atoms with Gasteiger partial charge in [0, 0.05) is 30.4 Å². The highest BCUT2D eigenvalue weighted by Crippen LogP contribution is 2.69. The molecule has 8 heteroatoms. The van der Waals surface area contributed by atoms with E-state index in [0.717, 1.165) is 63.4 Å². The second-order valence-electron chi connectivity index (χ2n) is 13.3. The maximum atomic E-state index is 13.0. The molecule has 1 saturated heterocycles. The summed E-state index contributed by atoms with van der Waals surface area (Å²) >= 11 is 0. The third-order valence-electron chi connectivity index (χ3n) is 12.0. The Morgan fingerprint density at radius 3 is 2.61 bits per heavy atom. The van der Waals surface area contributed by atoms with Gasteiger partial charge in [0.1, 0.15) is 19.0 Å². The van der Waals surface area contributed by atoms with E-state index in [9.17, 15) is 19.8 Å². The molecule has 0 aromatic carbocycles. The molecule has 38 heavy (non-hydrogen) atoms. The van der Waals surface area contributed by atoms with Crippen molar-refractivity contribution < 1.29 is 38.7 Å². The summed E-state index contributed by atoms with van der Waals surface area (Å²) < 4.78 is 23.1. The van der Waals surface area contributed by atoms with E-state index >= 15 is 0 Å². The van der Waals surface area contributed by atoms with Crippen molar-refractivity contribution in [1.29, 1.82) is 0 Å². The fraction of sp³-hybridized carbons (Fsp3) is 0.867. The van der Waals surface area contributed by atoms with Crippen LogP contribution in [0.25, 0.3) is 0 Å². The number of carbonyl (C=O) groups is 2. The third-order valence-corrected chi connectivity index (χ3v) is 12.0. The Bertz CT molecular complexity index is 981. The van der Waals surface area contributed by atoms with Gasteiger partial charge in [0.15, 0.2) is 6.29 Å². The number of hydrogen-bond donors (Lipinski definition) is 2. The fourth-order valence-electron chi connectivity index (χ4n) is 9.96. The SMILES string of the molecule is COC1CC(O[C@H]2CC[C@@]3(C=O)C(CCC4C3CC[C@]3(C)C(C5=CC(=O)OC5)CC[C@]43O)C2)OC(C)C1O. The zero-order valence-electron chi connectivity index (χ0n) is 23.0. The van der Waals surface area contributed by atoms with E-state index in [-0.39, 0.29) is 53.4 Å². The minimum atomic E-state index is -0.830. The van der Waals surface area contributed by atoms with Crippen LogP contribution in [0, 0.1) is 34.5 Å². The average Bonchev–Trinajstić information content (AvgIpc) is 3.45. The minimum absolute atomic E-state index is 0.00854. The minimum Gasteiger partial charge on any atom is -0.458 e. The second-order valence-corrected chi connectivity index (χ2v) is 13.3. The number of aliphatic hydroxyl groups is 2. The summed E-state index contributed by atoms with van der Waals surface area (Å²) in [5, 5.41) is 22.7. The van der Waals surface area contributed by atoms with Gasteiger partial charge < -0.3 is 34.0 Å². The molecule has 12 atom stereocenters. The van der Waals surface area contributed by atoms with Crippen LogP contribution < -0.4 is 0 Å². The van der Waals surface area contributed by atoms with Crippen molar-refractivity contribution in [2.24, 2.45) is 34.5 Å². The van der Waals surface area contributed by atoms with Gasteiger partial charge in [0.05, 0.1) is 23.9 Å². The van der Waals surface area contributed by atoms with Crippen LogP contribution in [0.2, 0.25) is 0 Å². The molecule has 0 aromatic rings. The highest BCUT2D eigenvalue weighted by molar-refractivity contribution is 5.85. The predicted molar refractivity (Wildman–Crippen MR) is 137 cm³/mol. The summed E-state index contributed by atoms with van der Waals surface area (Å²) in [4.78, 5) is 24.8. The van der Waals surface area contributed by atoms with E-state index in [1.807, 2.05) is 6.92 Å². The lowest BCUT2D eigenvalue weighted by molar-refractivity contribution is -0.272. The highest BCUT2D eigenvalue weighted by Gasteiger charge is 2.68. The van der Waals surface area contributed by atoms with Gasteiger partial charge in [-0.2, -0.15) is 0 Å². The van der Waals surface area contributed by atoms with Crippen molar-refractivity contribution in [3.8, 4) is 0 Å². The third kappa shape index (κ3) is 3.88. The number of aliphatic hydroxyl groups excluding tert-OH is 1. The summed E-state index contributed by atoms with van der Waals surface area (Å²) in [5.74, 6) is 0.384. The van der Waals surface area contributed by atoms with Crippen molar-refractivity contribution in [1.82, 2.24) is 0 Å². The standard InChI is InChI=1S/C30H44O8/c1-17-27(33)24(35-3)14-26(37-17)38-20-6-10-29(16-31)19(13-20)4-5-23-22(29)7-9-28(2)21(8-11-30(23,28)34)18-12-25(32)36-15-18/h12,16-17,19-24,26-27,33-34H,4-11,13-15H2,1-3H3/t17?,19?,20-,21?,22?,23?,24?,26?,27?,28+,29+,30-/m0/s1. The lowest BCUT2D eigenvalue weighted by atomic mass is 9.43. The first-order valence-electron chi connectivity index (χ1n) is 14.7. The van der Waals surface area contributed by atoms with Gasteiger partial charge in [-0.05, 0) is 94.0 Å². The van der Waals surface area contributed by atoms with Gasteiger partial charge in [-0.25, -0.2) is 4.79 Å². The van der Waals surface area contributed by atoms with Crippen molar-refractivity contribution >= 4 is 12.3 Å². The molecule has 0 bridgehead atoms. The summed E-state index contributed by atoms with van der Waals surface area (Å²) in [6, 6.07) is 0. The van der Waals surface area contributed by atoms with Crippen LogP contribution in [0.1, 0.15) is 78.1 Å². The molecule has 6 rings (SSSR count). The van der Waals surface area contributed by atoms with Crippen molar-refractivity contribution in [2.45, 2.75) is 114 Å². The first kappa shape index (κ1) is 26.9. The lowest BCUT2D eigenvalue weighted by Gasteiger charge is -2.63. The van der Waals surface area contributed by atoms with Crippen LogP contribution in [0.4, 0.5) is 0 Å². The number of esters is 1. The maximum Gasteiger partial charge on any atom is 0.331 e. The Hall–Kier alpha value is -1.32. The maximum absolute atomic E-state index is 13.0. The Morgan fingerprint density at radius 2 is 1.89 bits per heavy atom. The van der Waals surface area contributed by atoms with Crippen LogP contribution in [0.3, 0.4) is 0 Å². The number of hydrogen-bond acceptors (Lipinski definition) is 8. The zero-order valence-corrected chi connectivity index (χ0v) is 23.0. The van der Waals surface area contributed by atoms with Gasteiger partial charge in [0.25, 0.3) is 0 Å². The van der Waals surface area contributed by atoms with Crippen molar-refractivity contribution in [3.63, 3.8) is 0 Å². The van der Waals surface area contributed by atoms with Gasteiger partial charge in [-0.15, -0.1) is 0 Å². The number of methoxy groups -OCH3 is 1. The normalized spacial score (nSPS) is 52.4. The van der Waals surface area contributed by atoms with Crippen LogP contribution in [0.15, 0.2) is 11.6 Å². The van der Waals surface area contributed by atoms with E-state index in [1.54, 1.807) is 13.2 Å². The molecule has 5 fully saturated rings. The number of cyclic esters (lactones) is 1. The smallest absolute Gasteiger partial charge is 0.331 e. The molecule has 8 unspecified atom stereocenters. The number of aldehydes is 1. The van der Waals surface area contributed by atoms with Gasteiger partial charge in [-0.1, -0.05) is 6.92 Å². The topological polar surface area (TPSA) is 112 Å². The molecular weight excluding hydrogens is 488 g/mol. The van der Waals surface area contributed by atoms with E-state index in [4.69, 9.17) is 18.9 Å². The molecule has 4 aliphatic carbocycles. The quantitative estimate of drug-likeness (QED) is 0.315. The van der Waals surface area contributed by atoms with Gasteiger partial charge in [0.2, 0.25) is 0 Å². The Kier molecular flexibility index (Phi) is 6.83. The van der Waals surface area contributed by atoms with Crippen LogP contribution in [0.5, 0.6) is 0 Å². The molecular formula is C30H44O8. The van der Waals surface area contributed by atoms with Crippen molar-refractivity contribution in [2.75, 3.05) is 13.7 Å². The average molecular weight is 533 g/mol. The largest absolute Gasteiger partial charge is 0.458 e. The van der Waals surface area contributed by atoms with Crippen LogP contribution in [-0.4, -0.2) is 72.5 Å². The fourth-order valence-corrected chi connectivity index (χ4v) is 9.96. The molecule has 2 heterocycles. The molecule has 2 aliphatic heterocycles. The summed E-state index contributed by atoms with van der Waals surface area (Å²) in [6.07, 6.45) is 9.21. The summed E-state index contributed by atoms with van der Waals surface area (Å²) in [5.41, 5.74) is -0.521. The molecule has 0 spiro atoms. The number of fused-ring (bicyclic) bond motifs is 5. The molecule has 0 aromatic heterocycles. The number of carbonyl (C=O) groups excluding carboxylic acids is 2. The first-order valence-corrected chi connectivity index (χ1v) is 14.7. The first-order chi connectivity index (χ1) is 18.1. The zero-order chi connectivity index (χ0) is 26.9. The monoisotopic (exact) mass is 532 g/mol. The van der Waals surface area contributed by atoms with E-state index < -0.39 is 23.4 Å². The molecule has 212 valence electrons. The Labute approximate surface area is 225 Å². The Balaban J connectivity index is 1.18. The molecule has 2 N–H and O–H groups in total. The van der Waals surface area contributed by atoms with Gasteiger partial charge in [-0.3, -0.25) is 0 Å². The second kappa shape index (κ2) is 9.65. The van der Waals surface area contributed by atoms with E-state index in [1.165, 1.54) is 6.29 Å². The highest BCUT2D eigenvalue weighted by atomic mass is 16.7. The van der Waals surface area contributed by atoms with Crippen molar-refractivity contribution in [3.05, 3.63) is 11.6 Å². The Morgan fingerprint density at radius 1 is 1.08 bits per heavy atom. The predicted octanol–water partition coefficient (Wildman–Crippen LogP) is 3.32. The molecule has 6 aliphatic rings. The molecule has 4 saturated carbocycles. The molecule has 8 nitrogen and oxygen atoms in total. The van der Waals surface area contributed by atoms with E-state index in [0.29, 0.717) is 13.0 Å². The molecule has 0 amide bonds. The summed E-state index contributed by atoms with van der Waals surface area (Å²) in [6.45, 7) is 4.40. The van der Waals surface area contributed by atoms with Crippen LogP contribution >= 0.6 is 0 Å². The number of rotatable bonds is 5. The lowest BCUT2D eigenvalue weighted by Crippen LogP contribution is -2.63. The number of ether oxygens (including phenoxy) is 4. The van der Waals surface area contributed by atoms with E-state index in [2.05, 4.69) is 6.92 Å².